The Morgan fingerprint density at radius 2 is 2.28 bits per heavy atom. The Hall–Kier alpha value is -1.81. The van der Waals surface area contributed by atoms with Crippen molar-refractivity contribution in [2.45, 2.75) is 25.8 Å². The first kappa shape index (κ1) is 12.6. The number of amides is 1. The number of fused-ring (bicyclic) bond motifs is 1. The molecule has 0 aliphatic carbocycles. The second-order valence-corrected chi connectivity index (χ2v) is 4.63. The molecule has 0 bridgehead atoms. The van der Waals surface area contributed by atoms with Crippen LogP contribution in [0, 0.1) is 0 Å². The van der Waals surface area contributed by atoms with E-state index in [4.69, 9.17) is 5.73 Å². The summed E-state index contributed by atoms with van der Waals surface area (Å²) in [7, 11) is 0. The third kappa shape index (κ3) is 3.11. The van der Waals surface area contributed by atoms with Crippen LogP contribution in [0.5, 0.6) is 0 Å². The standard InChI is InChI=1S/C14H19N3O/c1-10(9-14(15)18)16-7-5-11-3-2-4-13-12(11)6-8-17-13/h2-4,6,8,10,16-17H,5,7,9H2,1H3,(H2,15,18). The van der Waals surface area contributed by atoms with E-state index in [0.29, 0.717) is 6.42 Å². The van der Waals surface area contributed by atoms with E-state index in [9.17, 15) is 4.79 Å². The third-order valence-corrected chi connectivity index (χ3v) is 3.08. The summed E-state index contributed by atoms with van der Waals surface area (Å²) in [5.74, 6) is -0.261. The summed E-state index contributed by atoms with van der Waals surface area (Å²) in [6.45, 7) is 2.82. The number of nitrogens with one attached hydrogen (secondary N) is 2. The van der Waals surface area contributed by atoms with Crippen LogP contribution in [0.25, 0.3) is 10.9 Å². The number of carbonyl (C=O) groups is 1. The second-order valence-electron chi connectivity index (χ2n) is 4.63. The average Bonchev–Trinajstić information content (AvgIpc) is 2.76. The summed E-state index contributed by atoms with van der Waals surface area (Å²) in [4.78, 5) is 14.0. The average molecular weight is 245 g/mol. The zero-order valence-corrected chi connectivity index (χ0v) is 10.6. The molecule has 0 spiro atoms. The monoisotopic (exact) mass is 245 g/mol. The summed E-state index contributed by atoms with van der Waals surface area (Å²) in [6.07, 6.45) is 3.28. The van der Waals surface area contributed by atoms with Crippen LogP contribution in [0.3, 0.4) is 0 Å². The van der Waals surface area contributed by atoms with Crippen LogP contribution >= 0.6 is 0 Å². The molecule has 96 valence electrons. The molecular weight excluding hydrogens is 226 g/mol. The molecule has 2 rings (SSSR count). The van der Waals surface area contributed by atoms with Gasteiger partial charge in [-0.3, -0.25) is 4.79 Å². The minimum absolute atomic E-state index is 0.132. The van der Waals surface area contributed by atoms with E-state index in [1.54, 1.807) is 0 Å². The van der Waals surface area contributed by atoms with Crippen molar-refractivity contribution in [1.29, 1.82) is 0 Å². The Morgan fingerprint density at radius 3 is 3.06 bits per heavy atom. The molecule has 1 aromatic carbocycles. The number of aromatic nitrogens is 1. The van der Waals surface area contributed by atoms with Crippen LogP contribution in [-0.2, 0) is 11.2 Å². The molecule has 1 amide bonds. The molecule has 2 aromatic rings. The Balaban J connectivity index is 1.90. The van der Waals surface area contributed by atoms with Crippen LogP contribution < -0.4 is 11.1 Å². The molecule has 1 unspecified atom stereocenters. The number of aromatic amines is 1. The fourth-order valence-corrected chi connectivity index (χ4v) is 2.20. The van der Waals surface area contributed by atoms with Gasteiger partial charge in [-0.15, -0.1) is 0 Å². The zero-order chi connectivity index (χ0) is 13.0. The SMILES string of the molecule is CC(CC(N)=O)NCCc1cccc2[nH]ccc12. The van der Waals surface area contributed by atoms with Gasteiger partial charge in [0.25, 0.3) is 0 Å². The molecule has 4 heteroatoms. The molecule has 0 aliphatic rings. The predicted octanol–water partition coefficient (Wildman–Crippen LogP) is 1.56. The van der Waals surface area contributed by atoms with E-state index in [-0.39, 0.29) is 11.9 Å². The quantitative estimate of drug-likeness (QED) is 0.723. The maximum Gasteiger partial charge on any atom is 0.218 e. The fraction of sp³-hybridized carbons (Fsp3) is 0.357. The van der Waals surface area contributed by atoms with E-state index in [1.807, 2.05) is 13.1 Å². The normalized spacial score (nSPS) is 12.7. The second kappa shape index (κ2) is 5.69. The van der Waals surface area contributed by atoms with Gasteiger partial charge in [0.15, 0.2) is 0 Å². The minimum Gasteiger partial charge on any atom is -0.370 e. The Morgan fingerprint density at radius 1 is 1.44 bits per heavy atom. The lowest BCUT2D eigenvalue weighted by Gasteiger charge is -2.12. The van der Waals surface area contributed by atoms with Crippen molar-refractivity contribution in [3.8, 4) is 0 Å². The van der Waals surface area contributed by atoms with Crippen LogP contribution in [0.1, 0.15) is 18.9 Å². The van der Waals surface area contributed by atoms with Crippen LogP contribution in [0.2, 0.25) is 0 Å². The number of H-pyrrole nitrogens is 1. The first-order valence-electron chi connectivity index (χ1n) is 6.23. The highest BCUT2D eigenvalue weighted by Crippen LogP contribution is 2.17. The number of nitrogens with two attached hydrogens (primary N) is 1. The minimum atomic E-state index is -0.261. The molecule has 1 heterocycles. The smallest absolute Gasteiger partial charge is 0.218 e. The maximum absolute atomic E-state index is 10.8. The van der Waals surface area contributed by atoms with E-state index in [1.165, 1.54) is 10.9 Å². The van der Waals surface area contributed by atoms with Crippen molar-refractivity contribution in [2.24, 2.45) is 5.73 Å². The Labute approximate surface area is 107 Å². The van der Waals surface area contributed by atoms with E-state index >= 15 is 0 Å². The van der Waals surface area contributed by atoms with E-state index in [0.717, 1.165) is 18.5 Å². The Bertz CT molecular complexity index is 533. The molecule has 18 heavy (non-hydrogen) atoms. The number of benzene rings is 1. The largest absolute Gasteiger partial charge is 0.370 e. The maximum atomic E-state index is 10.8. The van der Waals surface area contributed by atoms with Crippen molar-refractivity contribution >= 4 is 16.8 Å². The van der Waals surface area contributed by atoms with Crippen molar-refractivity contribution in [1.82, 2.24) is 10.3 Å². The van der Waals surface area contributed by atoms with Crippen LogP contribution in [0.15, 0.2) is 30.5 Å². The number of hydrogen-bond acceptors (Lipinski definition) is 2. The molecule has 0 radical (unpaired) electrons. The first-order chi connectivity index (χ1) is 8.66. The molecule has 0 saturated carbocycles. The molecule has 1 aromatic heterocycles. The van der Waals surface area contributed by atoms with E-state index < -0.39 is 0 Å². The third-order valence-electron chi connectivity index (χ3n) is 3.08. The van der Waals surface area contributed by atoms with Crippen molar-refractivity contribution in [3.05, 3.63) is 36.0 Å². The summed E-state index contributed by atoms with van der Waals surface area (Å²) in [6, 6.07) is 8.49. The van der Waals surface area contributed by atoms with Gasteiger partial charge in [0.1, 0.15) is 0 Å². The number of carbonyl (C=O) groups excluding carboxylic acids is 1. The molecule has 0 fully saturated rings. The highest BCUT2D eigenvalue weighted by molar-refractivity contribution is 5.82. The highest BCUT2D eigenvalue weighted by atomic mass is 16.1. The lowest BCUT2D eigenvalue weighted by atomic mass is 10.1. The number of primary amides is 1. The summed E-state index contributed by atoms with van der Waals surface area (Å²) >= 11 is 0. The lowest BCUT2D eigenvalue weighted by molar-refractivity contribution is -0.118. The van der Waals surface area contributed by atoms with Gasteiger partial charge in [-0.1, -0.05) is 12.1 Å². The summed E-state index contributed by atoms with van der Waals surface area (Å²) in [5.41, 5.74) is 7.63. The zero-order valence-electron chi connectivity index (χ0n) is 10.6. The first-order valence-corrected chi connectivity index (χ1v) is 6.23. The van der Waals surface area contributed by atoms with E-state index in [2.05, 4.69) is 34.6 Å². The van der Waals surface area contributed by atoms with Gasteiger partial charge in [-0.25, -0.2) is 0 Å². The predicted molar refractivity (Wildman–Crippen MR) is 73.3 cm³/mol. The van der Waals surface area contributed by atoms with Crippen molar-refractivity contribution in [2.75, 3.05) is 6.54 Å². The fourth-order valence-electron chi connectivity index (χ4n) is 2.20. The lowest BCUT2D eigenvalue weighted by Crippen LogP contribution is -2.32. The highest BCUT2D eigenvalue weighted by Gasteiger charge is 2.06. The van der Waals surface area contributed by atoms with Crippen molar-refractivity contribution in [3.63, 3.8) is 0 Å². The summed E-state index contributed by atoms with van der Waals surface area (Å²) in [5, 5.41) is 4.57. The molecule has 4 N–H and O–H groups in total. The van der Waals surface area contributed by atoms with Crippen LogP contribution in [0.4, 0.5) is 0 Å². The van der Waals surface area contributed by atoms with Gasteiger partial charge in [0, 0.05) is 29.6 Å². The van der Waals surface area contributed by atoms with Gasteiger partial charge in [-0.05, 0) is 37.6 Å². The van der Waals surface area contributed by atoms with Gasteiger partial charge in [0.2, 0.25) is 5.91 Å². The van der Waals surface area contributed by atoms with Gasteiger partial charge < -0.3 is 16.0 Å². The Kier molecular flexibility index (Phi) is 3.99. The molecule has 0 saturated heterocycles. The topological polar surface area (TPSA) is 70.9 Å². The molecule has 4 nitrogen and oxygen atoms in total. The molecular formula is C14H19N3O. The van der Waals surface area contributed by atoms with Gasteiger partial charge in [-0.2, -0.15) is 0 Å². The number of hydrogen-bond donors (Lipinski definition) is 3. The molecule has 0 aliphatic heterocycles. The summed E-state index contributed by atoms with van der Waals surface area (Å²) < 4.78 is 0. The van der Waals surface area contributed by atoms with Crippen LogP contribution in [-0.4, -0.2) is 23.5 Å². The molecule has 1 atom stereocenters. The van der Waals surface area contributed by atoms with Gasteiger partial charge in [0.05, 0.1) is 0 Å². The number of rotatable bonds is 6. The van der Waals surface area contributed by atoms with Gasteiger partial charge >= 0.3 is 0 Å². The van der Waals surface area contributed by atoms with Crippen molar-refractivity contribution < 1.29 is 4.79 Å².